The molecule has 0 amide bonds. The molecule has 0 nitrogen and oxygen atoms in total. The largest absolute Gasteiger partial charge is 0.204 e. The summed E-state index contributed by atoms with van der Waals surface area (Å²) in [4.78, 5) is 0. The maximum atomic E-state index is 12.8. The molecule has 1 aromatic carbocycles. The minimum atomic E-state index is -1.42. The molecular formula is C11H9F3. The van der Waals surface area contributed by atoms with Gasteiger partial charge in [-0.25, -0.2) is 13.2 Å². The SMILES string of the molecule is C=C(c1cc(F)c(F)c(F)c1)C1CC1. The van der Waals surface area contributed by atoms with Gasteiger partial charge in [-0.3, -0.25) is 0 Å². The third kappa shape index (κ3) is 1.54. The molecule has 0 saturated heterocycles. The van der Waals surface area contributed by atoms with E-state index in [0.717, 1.165) is 25.0 Å². The number of hydrogen-bond acceptors (Lipinski definition) is 0. The molecule has 0 spiro atoms. The van der Waals surface area contributed by atoms with Crippen LogP contribution in [-0.4, -0.2) is 0 Å². The van der Waals surface area contributed by atoms with Crippen LogP contribution in [0.1, 0.15) is 18.4 Å². The van der Waals surface area contributed by atoms with Gasteiger partial charge in [-0.2, -0.15) is 0 Å². The Balaban J connectivity index is 2.39. The summed E-state index contributed by atoms with van der Waals surface area (Å²) in [6.45, 7) is 3.74. The van der Waals surface area contributed by atoms with Gasteiger partial charge in [0.25, 0.3) is 0 Å². The van der Waals surface area contributed by atoms with Crippen LogP contribution in [0.15, 0.2) is 18.7 Å². The summed E-state index contributed by atoms with van der Waals surface area (Å²) >= 11 is 0. The van der Waals surface area contributed by atoms with Crippen molar-refractivity contribution in [1.29, 1.82) is 0 Å². The van der Waals surface area contributed by atoms with Crippen molar-refractivity contribution in [1.82, 2.24) is 0 Å². The summed E-state index contributed by atoms with van der Waals surface area (Å²) in [6, 6.07) is 2.00. The van der Waals surface area contributed by atoms with Gasteiger partial charge in [-0.05, 0) is 42.0 Å². The van der Waals surface area contributed by atoms with Crippen LogP contribution < -0.4 is 0 Å². The van der Waals surface area contributed by atoms with Crippen molar-refractivity contribution in [2.45, 2.75) is 12.8 Å². The molecule has 0 N–H and O–H groups in total. The fraction of sp³-hybridized carbons (Fsp3) is 0.273. The lowest BCUT2D eigenvalue weighted by molar-refractivity contribution is 0.446. The van der Waals surface area contributed by atoms with E-state index in [1.807, 2.05) is 0 Å². The highest BCUT2D eigenvalue weighted by molar-refractivity contribution is 5.67. The summed E-state index contributed by atoms with van der Waals surface area (Å²) < 4.78 is 38.3. The van der Waals surface area contributed by atoms with Crippen LogP contribution in [0.2, 0.25) is 0 Å². The fourth-order valence-corrected chi connectivity index (χ4v) is 1.41. The van der Waals surface area contributed by atoms with Gasteiger partial charge in [-0.1, -0.05) is 6.58 Å². The highest BCUT2D eigenvalue weighted by atomic mass is 19.2. The van der Waals surface area contributed by atoms with E-state index in [2.05, 4.69) is 6.58 Å². The second-order valence-corrected chi connectivity index (χ2v) is 3.55. The summed E-state index contributed by atoms with van der Waals surface area (Å²) in [5.41, 5.74) is 1.06. The van der Waals surface area contributed by atoms with Gasteiger partial charge in [0.2, 0.25) is 0 Å². The molecule has 1 fully saturated rings. The lowest BCUT2D eigenvalue weighted by Gasteiger charge is -2.05. The van der Waals surface area contributed by atoms with E-state index < -0.39 is 17.5 Å². The maximum Gasteiger partial charge on any atom is 0.194 e. The van der Waals surface area contributed by atoms with Crippen LogP contribution in [0.3, 0.4) is 0 Å². The lowest BCUT2D eigenvalue weighted by atomic mass is 10.0. The van der Waals surface area contributed by atoms with Crippen LogP contribution in [0.4, 0.5) is 13.2 Å². The van der Waals surface area contributed by atoms with E-state index in [1.54, 1.807) is 0 Å². The van der Waals surface area contributed by atoms with Crippen LogP contribution in [0.25, 0.3) is 5.57 Å². The Morgan fingerprint density at radius 1 is 1.14 bits per heavy atom. The average molecular weight is 198 g/mol. The Labute approximate surface area is 80.1 Å². The summed E-state index contributed by atoms with van der Waals surface area (Å²) in [5, 5.41) is 0. The van der Waals surface area contributed by atoms with E-state index in [-0.39, 0.29) is 0 Å². The maximum absolute atomic E-state index is 12.8. The molecule has 0 radical (unpaired) electrons. The Bertz CT molecular complexity index is 369. The van der Waals surface area contributed by atoms with Crippen LogP contribution >= 0.6 is 0 Å². The summed E-state index contributed by atoms with van der Waals surface area (Å²) in [7, 11) is 0. The first-order chi connectivity index (χ1) is 6.59. The van der Waals surface area contributed by atoms with Crippen molar-refractivity contribution in [2.24, 2.45) is 5.92 Å². The monoisotopic (exact) mass is 198 g/mol. The number of allylic oxidation sites excluding steroid dienone is 1. The Hall–Kier alpha value is -1.25. The Morgan fingerprint density at radius 3 is 2.07 bits per heavy atom. The van der Waals surface area contributed by atoms with Gasteiger partial charge < -0.3 is 0 Å². The van der Waals surface area contributed by atoms with E-state index in [4.69, 9.17) is 0 Å². The molecule has 0 unspecified atom stereocenters. The fourth-order valence-electron chi connectivity index (χ4n) is 1.41. The van der Waals surface area contributed by atoms with Crippen LogP contribution in [0, 0.1) is 23.4 Å². The molecule has 2 rings (SSSR count). The van der Waals surface area contributed by atoms with Gasteiger partial charge in [0, 0.05) is 0 Å². The zero-order valence-electron chi connectivity index (χ0n) is 7.49. The summed E-state index contributed by atoms with van der Waals surface area (Å²) in [6.07, 6.45) is 2.00. The van der Waals surface area contributed by atoms with Gasteiger partial charge in [-0.15, -0.1) is 0 Å². The molecule has 1 saturated carbocycles. The Morgan fingerprint density at radius 2 is 1.64 bits per heavy atom. The van der Waals surface area contributed by atoms with Crippen molar-refractivity contribution >= 4 is 5.57 Å². The second kappa shape index (κ2) is 3.15. The molecular weight excluding hydrogens is 189 g/mol. The average Bonchev–Trinajstić information content (AvgIpc) is 2.95. The number of halogens is 3. The number of hydrogen-bond donors (Lipinski definition) is 0. The van der Waals surface area contributed by atoms with Crippen LogP contribution in [-0.2, 0) is 0 Å². The van der Waals surface area contributed by atoms with Gasteiger partial charge >= 0.3 is 0 Å². The van der Waals surface area contributed by atoms with Crippen molar-refractivity contribution in [3.8, 4) is 0 Å². The first kappa shape index (κ1) is 9.31. The third-order valence-electron chi connectivity index (χ3n) is 2.42. The normalized spacial score (nSPS) is 15.6. The molecule has 1 aromatic rings. The minimum absolute atomic E-state index is 0.319. The zero-order valence-corrected chi connectivity index (χ0v) is 7.49. The van der Waals surface area contributed by atoms with Gasteiger partial charge in [0.15, 0.2) is 17.5 Å². The molecule has 0 aromatic heterocycles. The molecule has 0 atom stereocenters. The smallest absolute Gasteiger partial charge is 0.194 e. The third-order valence-corrected chi connectivity index (χ3v) is 2.42. The number of rotatable bonds is 2. The zero-order chi connectivity index (χ0) is 10.3. The molecule has 1 aliphatic carbocycles. The van der Waals surface area contributed by atoms with Crippen molar-refractivity contribution < 1.29 is 13.2 Å². The van der Waals surface area contributed by atoms with Crippen molar-refractivity contribution in [3.63, 3.8) is 0 Å². The highest BCUT2D eigenvalue weighted by Gasteiger charge is 2.26. The topological polar surface area (TPSA) is 0 Å². The molecule has 14 heavy (non-hydrogen) atoms. The van der Waals surface area contributed by atoms with Gasteiger partial charge in [0.1, 0.15) is 0 Å². The summed E-state index contributed by atoms with van der Waals surface area (Å²) in [5.74, 6) is -3.40. The van der Waals surface area contributed by atoms with Crippen molar-refractivity contribution in [2.75, 3.05) is 0 Å². The quantitative estimate of drug-likeness (QED) is 0.638. The van der Waals surface area contributed by atoms with E-state index >= 15 is 0 Å². The molecule has 1 aliphatic rings. The van der Waals surface area contributed by atoms with E-state index in [1.165, 1.54) is 0 Å². The van der Waals surface area contributed by atoms with E-state index in [0.29, 0.717) is 17.1 Å². The van der Waals surface area contributed by atoms with Crippen LogP contribution in [0.5, 0.6) is 0 Å². The number of benzene rings is 1. The standard InChI is InChI=1S/C11H9F3/c1-6(7-2-3-7)8-4-9(12)11(14)10(13)5-8/h4-5,7H,1-3H2. The first-order valence-corrected chi connectivity index (χ1v) is 4.43. The lowest BCUT2D eigenvalue weighted by Crippen LogP contribution is -1.94. The second-order valence-electron chi connectivity index (χ2n) is 3.55. The predicted molar refractivity (Wildman–Crippen MR) is 48.1 cm³/mol. The molecule has 0 bridgehead atoms. The van der Waals surface area contributed by atoms with Gasteiger partial charge in [0.05, 0.1) is 0 Å². The van der Waals surface area contributed by atoms with Crippen molar-refractivity contribution in [3.05, 3.63) is 41.7 Å². The molecule has 0 heterocycles. The molecule has 74 valence electrons. The highest BCUT2D eigenvalue weighted by Crippen LogP contribution is 2.41. The predicted octanol–water partition coefficient (Wildman–Crippen LogP) is 3.53. The Kier molecular flexibility index (Phi) is 2.10. The molecule has 0 aliphatic heterocycles. The van der Waals surface area contributed by atoms with E-state index in [9.17, 15) is 13.2 Å². The molecule has 3 heteroatoms. The first-order valence-electron chi connectivity index (χ1n) is 4.43. The minimum Gasteiger partial charge on any atom is -0.204 e.